The van der Waals surface area contributed by atoms with Crippen molar-refractivity contribution in [2.75, 3.05) is 19.0 Å². The van der Waals surface area contributed by atoms with E-state index in [-0.39, 0.29) is 0 Å². The highest BCUT2D eigenvalue weighted by Gasteiger charge is 2.20. The van der Waals surface area contributed by atoms with E-state index in [9.17, 15) is 0 Å². The molecule has 1 nitrogen and oxygen atoms in total. The van der Waals surface area contributed by atoms with Crippen molar-refractivity contribution in [1.29, 1.82) is 0 Å². The molecule has 1 aliphatic rings. The lowest BCUT2D eigenvalue weighted by Gasteiger charge is -2.15. The SMILES string of the molecule is CN(C)c1cccc(-c2cccc3c2Cc2ccccc2-3)c1. The van der Waals surface area contributed by atoms with E-state index in [2.05, 4.69) is 85.7 Å². The van der Waals surface area contributed by atoms with Crippen molar-refractivity contribution in [3.63, 3.8) is 0 Å². The molecule has 0 aromatic heterocycles. The first kappa shape index (κ1) is 13.1. The number of hydrogen-bond acceptors (Lipinski definition) is 1. The van der Waals surface area contributed by atoms with Gasteiger partial charge < -0.3 is 4.90 Å². The molecule has 4 rings (SSSR count). The van der Waals surface area contributed by atoms with Gasteiger partial charge in [0, 0.05) is 19.8 Å². The maximum absolute atomic E-state index is 2.28. The molecule has 0 fully saturated rings. The third-order valence-corrected chi connectivity index (χ3v) is 4.52. The zero-order valence-electron chi connectivity index (χ0n) is 13.0. The maximum atomic E-state index is 2.28. The molecule has 0 atom stereocenters. The van der Waals surface area contributed by atoms with Gasteiger partial charge in [0.25, 0.3) is 0 Å². The zero-order chi connectivity index (χ0) is 15.1. The van der Waals surface area contributed by atoms with Crippen LogP contribution in [0.4, 0.5) is 5.69 Å². The highest BCUT2D eigenvalue weighted by Crippen LogP contribution is 2.41. The van der Waals surface area contributed by atoms with E-state index in [1.807, 2.05) is 0 Å². The molecule has 1 heteroatoms. The molecule has 0 aliphatic heterocycles. The lowest BCUT2D eigenvalue weighted by Crippen LogP contribution is -2.08. The molecule has 3 aromatic carbocycles. The normalized spacial score (nSPS) is 11.9. The summed E-state index contributed by atoms with van der Waals surface area (Å²) in [6, 6.07) is 24.2. The molecule has 108 valence electrons. The summed E-state index contributed by atoms with van der Waals surface area (Å²) in [6.07, 6.45) is 1.04. The molecule has 0 unspecified atom stereocenters. The van der Waals surface area contributed by atoms with Crippen LogP contribution in [0.2, 0.25) is 0 Å². The lowest BCUT2D eigenvalue weighted by atomic mass is 9.95. The molecule has 3 aromatic rings. The minimum absolute atomic E-state index is 1.04. The molecular formula is C21H19N. The number of rotatable bonds is 2. The van der Waals surface area contributed by atoms with E-state index in [1.54, 1.807) is 0 Å². The predicted molar refractivity (Wildman–Crippen MR) is 94.4 cm³/mol. The maximum Gasteiger partial charge on any atom is 0.0367 e. The van der Waals surface area contributed by atoms with Crippen molar-refractivity contribution >= 4 is 5.69 Å². The molecular weight excluding hydrogens is 266 g/mol. The van der Waals surface area contributed by atoms with Crippen LogP contribution in [-0.2, 0) is 6.42 Å². The highest BCUT2D eigenvalue weighted by molar-refractivity contribution is 5.85. The van der Waals surface area contributed by atoms with Crippen LogP contribution in [0.3, 0.4) is 0 Å². The van der Waals surface area contributed by atoms with Gasteiger partial charge in [0.2, 0.25) is 0 Å². The van der Waals surface area contributed by atoms with Crippen LogP contribution < -0.4 is 4.90 Å². The van der Waals surface area contributed by atoms with Gasteiger partial charge in [-0.05, 0) is 51.9 Å². The van der Waals surface area contributed by atoms with E-state index in [0.717, 1.165) is 6.42 Å². The quantitative estimate of drug-likeness (QED) is 0.501. The summed E-state index contributed by atoms with van der Waals surface area (Å²) in [7, 11) is 4.18. The summed E-state index contributed by atoms with van der Waals surface area (Å²) in [6.45, 7) is 0. The minimum Gasteiger partial charge on any atom is -0.378 e. The molecule has 0 radical (unpaired) electrons. The molecule has 0 heterocycles. The molecule has 0 N–H and O–H groups in total. The average molecular weight is 285 g/mol. The molecule has 0 spiro atoms. The Labute approximate surface area is 131 Å². The van der Waals surface area contributed by atoms with E-state index >= 15 is 0 Å². The summed E-state index contributed by atoms with van der Waals surface area (Å²) in [5, 5.41) is 0. The zero-order valence-corrected chi connectivity index (χ0v) is 13.0. The molecule has 0 saturated carbocycles. The Hall–Kier alpha value is -2.54. The summed E-state index contributed by atoms with van der Waals surface area (Å²) in [5.74, 6) is 0. The fourth-order valence-electron chi connectivity index (χ4n) is 3.38. The number of benzene rings is 3. The smallest absolute Gasteiger partial charge is 0.0367 e. The first-order valence-electron chi connectivity index (χ1n) is 7.72. The number of hydrogen-bond donors (Lipinski definition) is 0. The number of fused-ring (bicyclic) bond motifs is 3. The van der Waals surface area contributed by atoms with Gasteiger partial charge in [0.05, 0.1) is 0 Å². The average Bonchev–Trinajstić information content (AvgIpc) is 2.93. The summed E-state index contributed by atoms with van der Waals surface area (Å²) in [4.78, 5) is 2.15. The van der Waals surface area contributed by atoms with Gasteiger partial charge >= 0.3 is 0 Å². The first-order valence-corrected chi connectivity index (χ1v) is 7.72. The standard InChI is InChI=1S/C21H19N/c1-22(2)17-9-5-8-15(13-17)19-11-6-12-20-18-10-4-3-7-16(18)14-21(19)20/h3-13H,14H2,1-2H3. The van der Waals surface area contributed by atoms with Crippen molar-refractivity contribution < 1.29 is 0 Å². The second kappa shape index (κ2) is 5.03. The van der Waals surface area contributed by atoms with E-state index in [0.29, 0.717) is 0 Å². The van der Waals surface area contributed by atoms with Crippen molar-refractivity contribution in [1.82, 2.24) is 0 Å². The van der Waals surface area contributed by atoms with Crippen LogP contribution in [0.25, 0.3) is 22.3 Å². The van der Waals surface area contributed by atoms with Crippen LogP contribution >= 0.6 is 0 Å². The largest absolute Gasteiger partial charge is 0.378 e. The summed E-state index contributed by atoms with van der Waals surface area (Å²) >= 11 is 0. The van der Waals surface area contributed by atoms with Crippen LogP contribution in [0.1, 0.15) is 11.1 Å². The Balaban J connectivity index is 1.88. The monoisotopic (exact) mass is 285 g/mol. The fraction of sp³-hybridized carbons (Fsp3) is 0.143. The second-order valence-electron chi connectivity index (χ2n) is 6.11. The van der Waals surface area contributed by atoms with Crippen molar-refractivity contribution in [2.45, 2.75) is 6.42 Å². The van der Waals surface area contributed by atoms with Crippen LogP contribution in [0.15, 0.2) is 66.7 Å². The summed E-state index contributed by atoms with van der Waals surface area (Å²) < 4.78 is 0. The molecule has 22 heavy (non-hydrogen) atoms. The second-order valence-corrected chi connectivity index (χ2v) is 6.11. The van der Waals surface area contributed by atoms with Crippen LogP contribution in [0.5, 0.6) is 0 Å². The third kappa shape index (κ3) is 2.01. The Bertz CT molecular complexity index is 846. The van der Waals surface area contributed by atoms with Crippen LogP contribution in [-0.4, -0.2) is 14.1 Å². The molecule has 0 saturated heterocycles. The van der Waals surface area contributed by atoms with Gasteiger partial charge in [-0.1, -0.05) is 54.6 Å². The fourth-order valence-corrected chi connectivity index (χ4v) is 3.38. The van der Waals surface area contributed by atoms with Crippen molar-refractivity contribution in [3.05, 3.63) is 77.9 Å². The van der Waals surface area contributed by atoms with Gasteiger partial charge in [-0.15, -0.1) is 0 Å². The summed E-state index contributed by atoms with van der Waals surface area (Å²) in [5.41, 5.74) is 9.58. The molecule has 0 amide bonds. The van der Waals surface area contributed by atoms with Gasteiger partial charge in [-0.2, -0.15) is 0 Å². The van der Waals surface area contributed by atoms with Gasteiger partial charge in [0.1, 0.15) is 0 Å². The first-order chi connectivity index (χ1) is 10.7. The Morgan fingerprint density at radius 3 is 2.32 bits per heavy atom. The van der Waals surface area contributed by atoms with E-state index in [1.165, 1.54) is 39.1 Å². The van der Waals surface area contributed by atoms with Gasteiger partial charge in [-0.3, -0.25) is 0 Å². The van der Waals surface area contributed by atoms with Crippen molar-refractivity contribution in [3.8, 4) is 22.3 Å². The van der Waals surface area contributed by atoms with Gasteiger partial charge in [-0.25, -0.2) is 0 Å². The Kier molecular flexibility index (Phi) is 3.00. The number of nitrogens with zero attached hydrogens (tertiary/aromatic N) is 1. The van der Waals surface area contributed by atoms with Crippen LogP contribution in [0, 0.1) is 0 Å². The van der Waals surface area contributed by atoms with E-state index in [4.69, 9.17) is 0 Å². The number of anilines is 1. The van der Waals surface area contributed by atoms with Crippen molar-refractivity contribution in [2.24, 2.45) is 0 Å². The predicted octanol–water partition coefficient (Wildman–Crippen LogP) is 4.99. The highest BCUT2D eigenvalue weighted by atomic mass is 15.1. The topological polar surface area (TPSA) is 3.24 Å². The lowest BCUT2D eigenvalue weighted by molar-refractivity contribution is 1.13. The van der Waals surface area contributed by atoms with E-state index < -0.39 is 0 Å². The molecule has 0 bridgehead atoms. The Morgan fingerprint density at radius 2 is 1.45 bits per heavy atom. The van der Waals surface area contributed by atoms with Gasteiger partial charge in [0.15, 0.2) is 0 Å². The Morgan fingerprint density at radius 1 is 0.727 bits per heavy atom. The minimum atomic E-state index is 1.04. The molecule has 1 aliphatic carbocycles. The third-order valence-electron chi connectivity index (χ3n) is 4.52.